The van der Waals surface area contributed by atoms with E-state index in [1.165, 1.54) is 63.0 Å². The summed E-state index contributed by atoms with van der Waals surface area (Å²) in [6.45, 7) is 13.3. The molecule has 0 amide bonds. The van der Waals surface area contributed by atoms with Crippen LogP contribution in [0.4, 0.5) is 0 Å². The molecule has 1 rings (SSSR count). The Balaban J connectivity index is 3.18. The number of carbonyl (C=O) groups excluding carboxylic acids is 1. The van der Waals surface area contributed by atoms with E-state index in [1.807, 2.05) is 12.1 Å². The monoisotopic (exact) mass is 478 g/mol. The minimum absolute atomic E-state index is 0.292. The van der Waals surface area contributed by atoms with Crippen LogP contribution in [0.2, 0.25) is 17.7 Å². The molecule has 0 aliphatic carbocycles. The minimum atomic E-state index is -2.37. The van der Waals surface area contributed by atoms with Gasteiger partial charge in [0.1, 0.15) is 0 Å². The fourth-order valence-corrected chi connectivity index (χ4v) is 20.7. The molecule has 0 unspecified atom stereocenters. The van der Waals surface area contributed by atoms with E-state index in [4.69, 9.17) is 0 Å². The predicted octanol–water partition coefficient (Wildman–Crippen LogP) is 8.36. The molecule has 152 valence electrons. The van der Waals surface area contributed by atoms with E-state index >= 15 is 0 Å². The second-order valence-corrected chi connectivity index (χ2v) is 22.5. The molecule has 0 saturated heterocycles. The Morgan fingerprint density at radius 1 is 0.815 bits per heavy atom. The van der Waals surface area contributed by atoms with Crippen molar-refractivity contribution in [2.24, 2.45) is 0 Å². The number of carbonyl (C=O) groups is 1. The van der Waals surface area contributed by atoms with Crippen molar-refractivity contribution < 1.29 is 4.79 Å². The van der Waals surface area contributed by atoms with E-state index in [9.17, 15) is 4.79 Å². The Bertz CT molecular complexity index is 571. The first-order valence-electron chi connectivity index (χ1n) is 11.2. The Hall–Kier alpha value is -0.571. The SMILES string of the molecule is CCC[CH2][Sn]([CH2]CCC)([CH2]CCC)[CH2]C(C(=O)c1ccc(C)cc1)=C(C)C. The van der Waals surface area contributed by atoms with E-state index < -0.39 is 18.4 Å². The molecule has 0 atom stereocenters. The van der Waals surface area contributed by atoms with Gasteiger partial charge in [0.05, 0.1) is 0 Å². The third-order valence-corrected chi connectivity index (χ3v) is 21.2. The summed E-state index contributed by atoms with van der Waals surface area (Å²) in [5, 5.41) is 0. The van der Waals surface area contributed by atoms with Crippen LogP contribution >= 0.6 is 0 Å². The number of allylic oxidation sites excluding steroid dienone is 2. The van der Waals surface area contributed by atoms with Gasteiger partial charge >= 0.3 is 173 Å². The molecule has 1 aromatic rings. The van der Waals surface area contributed by atoms with E-state index in [0.717, 1.165) is 15.6 Å². The van der Waals surface area contributed by atoms with Crippen LogP contribution in [0.25, 0.3) is 0 Å². The molecule has 0 saturated carbocycles. The summed E-state index contributed by atoms with van der Waals surface area (Å²) in [7, 11) is 0. The van der Waals surface area contributed by atoms with Crippen molar-refractivity contribution in [1.82, 2.24) is 0 Å². The molecule has 2 heteroatoms. The molecular formula is C25H42OSn. The van der Waals surface area contributed by atoms with E-state index in [-0.39, 0.29) is 0 Å². The maximum absolute atomic E-state index is 13.4. The first-order valence-corrected chi connectivity index (χ1v) is 19.2. The van der Waals surface area contributed by atoms with Crippen LogP contribution in [0.1, 0.15) is 89.1 Å². The van der Waals surface area contributed by atoms with Crippen molar-refractivity contribution in [3.63, 3.8) is 0 Å². The Labute approximate surface area is 172 Å². The van der Waals surface area contributed by atoms with Crippen molar-refractivity contribution in [3.05, 3.63) is 46.5 Å². The Kier molecular flexibility index (Phi) is 11.6. The maximum atomic E-state index is 13.4. The van der Waals surface area contributed by atoms with Crippen molar-refractivity contribution in [2.75, 3.05) is 0 Å². The van der Waals surface area contributed by atoms with Crippen LogP contribution in [-0.2, 0) is 0 Å². The summed E-state index contributed by atoms with van der Waals surface area (Å²) >= 11 is -2.37. The van der Waals surface area contributed by atoms with Crippen molar-refractivity contribution >= 4 is 24.2 Å². The molecule has 0 fully saturated rings. The molecule has 0 spiro atoms. The van der Waals surface area contributed by atoms with Gasteiger partial charge in [0.25, 0.3) is 0 Å². The van der Waals surface area contributed by atoms with E-state index in [1.54, 1.807) is 0 Å². The van der Waals surface area contributed by atoms with Gasteiger partial charge < -0.3 is 0 Å². The summed E-state index contributed by atoms with van der Waals surface area (Å²) in [6, 6.07) is 8.17. The van der Waals surface area contributed by atoms with Gasteiger partial charge in [-0.05, 0) is 0 Å². The molecule has 0 aliphatic rings. The van der Waals surface area contributed by atoms with Gasteiger partial charge in [0.2, 0.25) is 0 Å². The third-order valence-electron chi connectivity index (χ3n) is 5.93. The van der Waals surface area contributed by atoms with Gasteiger partial charge in [0.15, 0.2) is 0 Å². The molecule has 1 nitrogen and oxygen atoms in total. The van der Waals surface area contributed by atoms with Gasteiger partial charge in [-0.25, -0.2) is 0 Å². The molecule has 0 radical (unpaired) electrons. The number of Topliss-reactive ketones (excluding diaryl/α,β-unsaturated/α-hetero) is 1. The summed E-state index contributed by atoms with van der Waals surface area (Å²) < 4.78 is 5.54. The van der Waals surface area contributed by atoms with Crippen molar-refractivity contribution in [2.45, 2.75) is 97.8 Å². The number of aryl methyl sites for hydroxylation is 1. The molecule has 0 heterocycles. The Morgan fingerprint density at radius 3 is 1.63 bits per heavy atom. The van der Waals surface area contributed by atoms with Gasteiger partial charge in [-0.1, -0.05) is 0 Å². The second kappa shape index (κ2) is 12.8. The number of hydrogen-bond acceptors (Lipinski definition) is 1. The number of benzene rings is 1. The molecule has 0 N–H and O–H groups in total. The molecule has 0 aromatic heterocycles. The fourth-order valence-electron chi connectivity index (χ4n) is 4.03. The molecule has 0 bridgehead atoms. The fraction of sp³-hybridized carbons (Fsp3) is 0.640. The van der Waals surface area contributed by atoms with Gasteiger partial charge in [-0.15, -0.1) is 0 Å². The quantitative estimate of drug-likeness (QED) is 0.159. The third kappa shape index (κ3) is 8.13. The normalized spacial score (nSPS) is 11.5. The van der Waals surface area contributed by atoms with E-state index in [2.05, 4.69) is 53.7 Å². The van der Waals surface area contributed by atoms with Crippen LogP contribution in [0.15, 0.2) is 35.4 Å². The van der Waals surface area contributed by atoms with Crippen LogP contribution in [0, 0.1) is 6.92 Å². The van der Waals surface area contributed by atoms with E-state index in [0.29, 0.717) is 5.78 Å². The van der Waals surface area contributed by atoms with Gasteiger partial charge in [-0.2, -0.15) is 0 Å². The zero-order valence-electron chi connectivity index (χ0n) is 18.8. The van der Waals surface area contributed by atoms with Crippen molar-refractivity contribution in [1.29, 1.82) is 0 Å². The zero-order valence-corrected chi connectivity index (χ0v) is 21.6. The average molecular weight is 477 g/mol. The van der Waals surface area contributed by atoms with Crippen LogP contribution in [0.3, 0.4) is 0 Å². The second-order valence-electron chi connectivity index (χ2n) is 8.66. The number of unbranched alkanes of at least 4 members (excludes halogenated alkanes) is 3. The summed E-state index contributed by atoms with van der Waals surface area (Å²) in [5.41, 5.74) is 4.48. The number of hydrogen-bond donors (Lipinski definition) is 0. The molecular weight excluding hydrogens is 435 g/mol. The van der Waals surface area contributed by atoms with Crippen LogP contribution in [0.5, 0.6) is 0 Å². The Morgan fingerprint density at radius 2 is 1.26 bits per heavy atom. The predicted molar refractivity (Wildman–Crippen MR) is 124 cm³/mol. The van der Waals surface area contributed by atoms with Crippen LogP contribution < -0.4 is 0 Å². The summed E-state index contributed by atoms with van der Waals surface area (Å²) in [6.07, 6.45) is 7.93. The van der Waals surface area contributed by atoms with Crippen molar-refractivity contribution in [3.8, 4) is 0 Å². The molecule has 27 heavy (non-hydrogen) atoms. The summed E-state index contributed by atoms with van der Waals surface area (Å²) in [5.74, 6) is 0.292. The number of rotatable bonds is 13. The zero-order chi connectivity index (χ0) is 20.3. The van der Waals surface area contributed by atoms with Gasteiger partial charge in [0, 0.05) is 0 Å². The van der Waals surface area contributed by atoms with Gasteiger partial charge in [-0.3, -0.25) is 0 Å². The molecule has 0 aliphatic heterocycles. The first kappa shape index (κ1) is 24.5. The first-order chi connectivity index (χ1) is 12.9. The average Bonchev–Trinajstić information content (AvgIpc) is 2.66. The topological polar surface area (TPSA) is 17.1 Å². The van der Waals surface area contributed by atoms with Crippen LogP contribution in [-0.4, -0.2) is 24.2 Å². The standard InChI is InChI=1S/C13H15O.3C4H9.Sn/c1-9(2)11(4)13(14)12-7-5-10(3)6-8-12;3*1-3-4-2;/h5-8H,4H2,1-3H3;3*1,3-4H2,2H3;. The molecule has 1 aromatic carbocycles. The summed E-state index contributed by atoms with van der Waals surface area (Å²) in [4.78, 5) is 13.4. The number of ketones is 1.